The highest BCUT2D eigenvalue weighted by Crippen LogP contribution is 2.23. The van der Waals surface area contributed by atoms with E-state index in [2.05, 4.69) is 10.6 Å². The van der Waals surface area contributed by atoms with E-state index in [1.54, 1.807) is 43.5 Å². The molecule has 7 heteroatoms. The minimum absolute atomic E-state index is 0.331. The number of benzene rings is 2. The maximum atomic E-state index is 12.0. The quantitative estimate of drug-likeness (QED) is 0.667. The third-order valence-corrected chi connectivity index (χ3v) is 3.40. The molecule has 0 atom stereocenters. The summed E-state index contributed by atoms with van der Waals surface area (Å²) >= 11 is 5.81. The van der Waals surface area contributed by atoms with Gasteiger partial charge in [-0.25, -0.2) is 4.79 Å². The molecule has 0 aliphatic carbocycles. The van der Waals surface area contributed by atoms with Crippen LogP contribution in [-0.2, 0) is 4.74 Å². The number of urea groups is 1. The van der Waals surface area contributed by atoms with E-state index >= 15 is 0 Å². The van der Waals surface area contributed by atoms with Gasteiger partial charge in [-0.15, -0.1) is 0 Å². The van der Waals surface area contributed by atoms with Gasteiger partial charge in [-0.2, -0.15) is 0 Å². The number of rotatable bonds is 9. The van der Waals surface area contributed by atoms with Crippen LogP contribution < -0.4 is 20.1 Å². The first-order valence-electron chi connectivity index (χ1n) is 7.83. The Morgan fingerprint density at radius 2 is 1.76 bits per heavy atom. The summed E-state index contributed by atoms with van der Waals surface area (Å²) in [6, 6.07) is 13.9. The molecule has 2 amide bonds. The number of carbonyl (C=O) groups excluding carboxylic acids is 1. The van der Waals surface area contributed by atoms with Crippen molar-refractivity contribution in [1.29, 1.82) is 0 Å². The predicted molar refractivity (Wildman–Crippen MR) is 97.8 cm³/mol. The molecule has 0 bridgehead atoms. The predicted octanol–water partition coefficient (Wildman–Crippen LogP) is 3.57. The van der Waals surface area contributed by atoms with Crippen LogP contribution in [0.25, 0.3) is 0 Å². The number of halogens is 1. The first kappa shape index (κ1) is 18.9. The topological polar surface area (TPSA) is 68.8 Å². The van der Waals surface area contributed by atoms with E-state index in [4.69, 9.17) is 25.8 Å². The van der Waals surface area contributed by atoms with Crippen molar-refractivity contribution in [2.45, 2.75) is 0 Å². The summed E-state index contributed by atoms with van der Waals surface area (Å²) in [5, 5.41) is 6.13. The van der Waals surface area contributed by atoms with Crippen molar-refractivity contribution in [2.75, 3.05) is 38.8 Å². The van der Waals surface area contributed by atoms with E-state index in [9.17, 15) is 4.79 Å². The van der Waals surface area contributed by atoms with Crippen molar-refractivity contribution in [1.82, 2.24) is 5.32 Å². The smallest absolute Gasteiger partial charge is 0.319 e. The fourth-order valence-corrected chi connectivity index (χ4v) is 2.09. The summed E-state index contributed by atoms with van der Waals surface area (Å²) in [6.07, 6.45) is 0. The second-order valence-electron chi connectivity index (χ2n) is 5.02. The molecule has 2 N–H and O–H groups in total. The van der Waals surface area contributed by atoms with Crippen molar-refractivity contribution in [2.24, 2.45) is 0 Å². The summed E-state index contributed by atoms with van der Waals surface area (Å²) in [4.78, 5) is 12.0. The number of amides is 2. The second-order valence-corrected chi connectivity index (χ2v) is 5.46. The minimum atomic E-state index is -0.331. The zero-order chi connectivity index (χ0) is 17.9. The van der Waals surface area contributed by atoms with Gasteiger partial charge in [0.1, 0.15) is 24.7 Å². The Morgan fingerprint density at radius 1 is 1.00 bits per heavy atom. The Hall–Kier alpha value is -2.44. The second kappa shape index (κ2) is 10.4. The third-order valence-electron chi connectivity index (χ3n) is 3.15. The lowest BCUT2D eigenvalue weighted by molar-refractivity contribution is 0.146. The number of methoxy groups -OCH3 is 1. The lowest BCUT2D eigenvalue weighted by Crippen LogP contribution is -2.32. The van der Waals surface area contributed by atoms with Crippen molar-refractivity contribution in [3.05, 3.63) is 53.6 Å². The molecule has 0 heterocycles. The van der Waals surface area contributed by atoms with Gasteiger partial charge in [0.2, 0.25) is 0 Å². The highest BCUT2D eigenvalue weighted by Gasteiger charge is 2.07. The molecule has 0 aliphatic rings. The SMILES string of the molecule is COCCOc1ccccc1NC(=O)NCCOc1ccc(Cl)cc1. The van der Waals surface area contributed by atoms with Crippen LogP contribution >= 0.6 is 11.6 Å². The number of nitrogens with one attached hydrogen (secondary N) is 2. The van der Waals surface area contributed by atoms with Crippen molar-refractivity contribution < 1.29 is 19.0 Å². The number of anilines is 1. The Balaban J connectivity index is 1.73. The first-order valence-corrected chi connectivity index (χ1v) is 8.21. The fourth-order valence-electron chi connectivity index (χ4n) is 1.96. The standard InChI is InChI=1S/C18H21ClN2O4/c1-23-12-13-25-17-5-3-2-4-16(17)21-18(22)20-10-11-24-15-8-6-14(19)7-9-15/h2-9H,10-13H2,1H3,(H2,20,21,22). The molecule has 6 nitrogen and oxygen atoms in total. The van der Waals surface area contributed by atoms with Gasteiger partial charge in [0.25, 0.3) is 0 Å². The van der Waals surface area contributed by atoms with Crippen molar-refractivity contribution >= 4 is 23.3 Å². The van der Waals surface area contributed by atoms with E-state index in [1.165, 1.54) is 0 Å². The number of hydrogen-bond donors (Lipinski definition) is 2. The monoisotopic (exact) mass is 364 g/mol. The Labute approximate surface area is 152 Å². The van der Waals surface area contributed by atoms with E-state index in [-0.39, 0.29) is 6.03 Å². The molecule has 0 saturated heterocycles. The van der Waals surface area contributed by atoms with Gasteiger partial charge in [-0.05, 0) is 36.4 Å². The summed E-state index contributed by atoms with van der Waals surface area (Å²) in [7, 11) is 1.60. The Kier molecular flexibility index (Phi) is 7.88. The molecule has 2 aromatic carbocycles. The molecule has 0 saturated carbocycles. The van der Waals surface area contributed by atoms with Crippen molar-refractivity contribution in [3.63, 3.8) is 0 Å². The van der Waals surface area contributed by atoms with Crippen LogP contribution in [0, 0.1) is 0 Å². The highest BCUT2D eigenvalue weighted by atomic mass is 35.5. The van der Waals surface area contributed by atoms with Gasteiger partial charge in [-0.1, -0.05) is 23.7 Å². The van der Waals surface area contributed by atoms with Gasteiger partial charge in [0, 0.05) is 12.1 Å². The van der Waals surface area contributed by atoms with Gasteiger partial charge >= 0.3 is 6.03 Å². The number of hydrogen-bond acceptors (Lipinski definition) is 4. The number of ether oxygens (including phenoxy) is 3. The van der Waals surface area contributed by atoms with Crippen LogP contribution in [0.1, 0.15) is 0 Å². The van der Waals surface area contributed by atoms with Crippen LogP contribution in [-0.4, -0.2) is 39.5 Å². The Morgan fingerprint density at radius 3 is 2.52 bits per heavy atom. The summed E-state index contributed by atoms with van der Waals surface area (Å²) in [5.41, 5.74) is 0.592. The maximum Gasteiger partial charge on any atom is 0.319 e. The molecule has 0 spiro atoms. The average Bonchev–Trinajstić information content (AvgIpc) is 2.62. The van der Waals surface area contributed by atoms with Crippen LogP contribution in [0.15, 0.2) is 48.5 Å². The molecule has 134 valence electrons. The molecule has 0 radical (unpaired) electrons. The highest BCUT2D eigenvalue weighted by molar-refractivity contribution is 6.30. The molecule has 0 unspecified atom stereocenters. The van der Waals surface area contributed by atoms with E-state index in [1.807, 2.05) is 12.1 Å². The molecule has 2 rings (SSSR count). The third kappa shape index (κ3) is 6.91. The maximum absolute atomic E-state index is 12.0. The normalized spacial score (nSPS) is 10.2. The van der Waals surface area contributed by atoms with E-state index in [0.717, 1.165) is 0 Å². The summed E-state index contributed by atoms with van der Waals surface area (Å²) < 4.78 is 16.0. The molecular formula is C18H21ClN2O4. The zero-order valence-corrected chi connectivity index (χ0v) is 14.7. The molecule has 25 heavy (non-hydrogen) atoms. The zero-order valence-electron chi connectivity index (χ0n) is 14.0. The van der Waals surface area contributed by atoms with E-state index < -0.39 is 0 Å². The van der Waals surface area contributed by atoms with Gasteiger partial charge in [0.05, 0.1) is 18.8 Å². The van der Waals surface area contributed by atoms with E-state index in [0.29, 0.717) is 48.6 Å². The molecule has 2 aromatic rings. The van der Waals surface area contributed by atoms with Gasteiger partial charge < -0.3 is 24.8 Å². The molecule has 0 aromatic heterocycles. The number of para-hydroxylation sites is 2. The average molecular weight is 365 g/mol. The molecular weight excluding hydrogens is 344 g/mol. The minimum Gasteiger partial charge on any atom is -0.492 e. The van der Waals surface area contributed by atoms with Crippen LogP contribution in [0.4, 0.5) is 10.5 Å². The summed E-state index contributed by atoms with van der Waals surface area (Å²) in [6.45, 7) is 1.59. The largest absolute Gasteiger partial charge is 0.492 e. The first-order chi connectivity index (χ1) is 12.2. The van der Waals surface area contributed by atoms with Crippen molar-refractivity contribution in [3.8, 4) is 11.5 Å². The van der Waals surface area contributed by atoms with Crippen LogP contribution in [0.3, 0.4) is 0 Å². The lowest BCUT2D eigenvalue weighted by Gasteiger charge is -2.13. The Bertz CT molecular complexity index is 664. The summed E-state index contributed by atoms with van der Waals surface area (Å²) in [5.74, 6) is 1.29. The molecule has 0 fully saturated rings. The van der Waals surface area contributed by atoms with Crippen LogP contribution in [0.2, 0.25) is 5.02 Å². The van der Waals surface area contributed by atoms with Crippen LogP contribution in [0.5, 0.6) is 11.5 Å². The van der Waals surface area contributed by atoms with Gasteiger partial charge in [-0.3, -0.25) is 0 Å². The van der Waals surface area contributed by atoms with Gasteiger partial charge in [0.15, 0.2) is 0 Å². The lowest BCUT2D eigenvalue weighted by atomic mass is 10.3. The molecule has 0 aliphatic heterocycles. The number of carbonyl (C=O) groups is 1. The fraction of sp³-hybridized carbons (Fsp3) is 0.278.